The molecular weight excluding hydrogens is 360 g/mol. The first kappa shape index (κ1) is 21.1. The molecule has 0 aromatic heterocycles. The Morgan fingerprint density at radius 3 is 1.96 bits per heavy atom. The molecule has 0 saturated carbocycles. The van der Waals surface area contributed by atoms with E-state index in [-0.39, 0.29) is 10.8 Å². The molecule has 5 nitrogen and oxygen atoms in total. The lowest BCUT2D eigenvalue weighted by atomic mass is 10.1. The number of benzene rings is 2. The number of aryl methyl sites for hydroxylation is 2. The number of hydrogen-bond acceptors (Lipinski definition) is 3. The molecule has 0 saturated heterocycles. The molecule has 27 heavy (non-hydrogen) atoms. The number of rotatable bonds is 9. The zero-order valence-electron chi connectivity index (χ0n) is 16.2. The van der Waals surface area contributed by atoms with Crippen LogP contribution in [0.2, 0.25) is 0 Å². The van der Waals surface area contributed by atoms with Gasteiger partial charge in [0.2, 0.25) is 15.9 Å². The van der Waals surface area contributed by atoms with Gasteiger partial charge in [0.05, 0.1) is 4.90 Å². The van der Waals surface area contributed by atoms with Gasteiger partial charge in [0.25, 0.3) is 0 Å². The third-order valence-electron chi connectivity index (χ3n) is 4.55. The number of carbonyl (C=O) groups is 1. The van der Waals surface area contributed by atoms with Gasteiger partial charge in [-0.1, -0.05) is 45.0 Å². The summed E-state index contributed by atoms with van der Waals surface area (Å²) in [5, 5.41) is 2.89. The minimum Gasteiger partial charge on any atom is -0.326 e. The summed E-state index contributed by atoms with van der Waals surface area (Å²) in [4.78, 5) is 12.4. The summed E-state index contributed by atoms with van der Waals surface area (Å²) in [6.45, 7) is 6.62. The van der Waals surface area contributed by atoms with Crippen LogP contribution >= 0.6 is 0 Å². The third-order valence-corrected chi connectivity index (χ3v) is 6.62. The molecule has 0 fully saturated rings. The summed E-state index contributed by atoms with van der Waals surface area (Å²) in [6.07, 6.45) is 1.87. The normalized spacial score (nSPS) is 11.6. The van der Waals surface area contributed by atoms with Gasteiger partial charge in [-0.25, -0.2) is 8.42 Å². The molecule has 0 bridgehead atoms. The lowest BCUT2D eigenvalue weighted by Crippen LogP contribution is -2.30. The second-order valence-corrected chi connectivity index (χ2v) is 8.27. The predicted molar refractivity (Wildman–Crippen MR) is 109 cm³/mol. The van der Waals surface area contributed by atoms with Gasteiger partial charge in [-0.05, 0) is 48.2 Å². The van der Waals surface area contributed by atoms with Crippen LogP contribution in [0.1, 0.15) is 38.3 Å². The van der Waals surface area contributed by atoms with Crippen molar-refractivity contribution < 1.29 is 13.2 Å². The minimum atomic E-state index is -3.44. The van der Waals surface area contributed by atoms with E-state index in [0.29, 0.717) is 25.9 Å². The average Bonchev–Trinajstić information content (AvgIpc) is 2.68. The molecule has 6 heteroatoms. The van der Waals surface area contributed by atoms with Crippen LogP contribution in [-0.2, 0) is 27.7 Å². The highest BCUT2D eigenvalue weighted by atomic mass is 32.2. The fraction of sp³-hybridized carbons (Fsp3) is 0.381. The molecule has 2 aromatic rings. The number of amides is 1. The maximum atomic E-state index is 12.5. The van der Waals surface area contributed by atoms with Crippen molar-refractivity contribution in [3.63, 3.8) is 0 Å². The number of nitrogens with zero attached hydrogens (tertiary/aromatic N) is 1. The Morgan fingerprint density at radius 2 is 1.44 bits per heavy atom. The van der Waals surface area contributed by atoms with E-state index in [9.17, 15) is 13.2 Å². The van der Waals surface area contributed by atoms with E-state index in [4.69, 9.17) is 0 Å². The van der Waals surface area contributed by atoms with Crippen molar-refractivity contribution in [2.45, 2.75) is 44.9 Å². The summed E-state index contributed by atoms with van der Waals surface area (Å²) in [6, 6.07) is 14.6. The average molecular weight is 389 g/mol. The van der Waals surface area contributed by atoms with Crippen LogP contribution in [0, 0.1) is 0 Å². The molecule has 0 atom stereocenters. The molecule has 0 aliphatic heterocycles. The highest BCUT2D eigenvalue weighted by Gasteiger charge is 2.21. The zero-order valence-corrected chi connectivity index (χ0v) is 17.1. The maximum absolute atomic E-state index is 12.5. The van der Waals surface area contributed by atoms with Gasteiger partial charge in [0, 0.05) is 25.2 Å². The molecular formula is C21H28N2O3S. The molecule has 0 heterocycles. The standard InChI is InChI=1S/C21H28N2O3S/c1-4-17-7-12-19(13-8-17)22-21(24)16-11-18-9-14-20(15-10-18)27(25,26)23(5-2)6-3/h7-10,12-15H,4-6,11,16H2,1-3H3,(H,22,24). The monoisotopic (exact) mass is 388 g/mol. The lowest BCUT2D eigenvalue weighted by Gasteiger charge is -2.18. The van der Waals surface area contributed by atoms with Gasteiger partial charge in [-0.3, -0.25) is 4.79 Å². The van der Waals surface area contributed by atoms with E-state index in [1.807, 2.05) is 38.1 Å². The summed E-state index contributed by atoms with van der Waals surface area (Å²) in [7, 11) is -3.44. The fourth-order valence-corrected chi connectivity index (χ4v) is 4.30. The second-order valence-electron chi connectivity index (χ2n) is 6.33. The van der Waals surface area contributed by atoms with Crippen LogP contribution in [0.3, 0.4) is 0 Å². The molecule has 146 valence electrons. The van der Waals surface area contributed by atoms with Crippen molar-refractivity contribution in [3.8, 4) is 0 Å². The number of hydrogen-bond donors (Lipinski definition) is 1. The number of nitrogens with one attached hydrogen (secondary N) is 1. The summed E-state index contributed by atoms with van der Waals surface area (Å²) in [5.74, 6) is -0.0564. The lowest BCUT2D eigenvalue weighted by molar-refractivity contribution is -0.116. The predicted octanol–water partition coefficient (Wildman–Crippen LogP) is 3.85. The van der Waals surface area contributed by atoms with Crippen LogP contribution in [0.5, 0.6) is 0 Å². The highest BCUT2D eigenvalue weighted by molar-refractivity contribution is 7.89. The highest BCUT2D eigenvalue weighted by Crippen LogP contribution is 2.17. The van der Waals surface area contributed by atoms with E-state index >= 15 is 0 Å². The Balaban J connectivity index is 1.93. The van der Waals surface area contributed by atoms with Gasteiger partial charge < -0.3 is 5.32 Å². The Bertz CT molecular complexity index is 840. The summed E-state index contributed by atoms with van der Waals surface area (Å²) < 4.78 is 26.4. The van der Waals surface area contributed by atoms with E-state index in [1.165, 1.54) is 9.87 Å². The zero-order chi connectivity index (χ0) is 19.9. The SMILES string of the molecule is CCc1ccc(NC(=O)CCc2ccc(S(=O)(=O)N(CC)CC)cc2)cc1. The third kappa shape index (κ3) is 5.65. The molecule has 2 aromatic carbocycles. The van der Waals surface area contributed by atoms with Gasteiger partial charge in [-0.15, -0.1) is 0 Å². The number of carbonyl (C=O) groups excluding carboxylic acids is 1. The number of anilines is 1. The van der Waals surface area contributed by atoms with Crippen LogP contribution in [-0.4, -0.2) is 31.7 Å². The Morgan fingerprint density at radius 1 is 0.889 bits per heavy atom. The number of sulfonamides is 1. The first-order valence-corrected chi connectivity index (χ1v) is 10.8. The molecule has 0 aliphatic carbocycles. The summed E-state index contributed by atoms with van der Waals surface area (Å²) >= 11 is 0. The Kier molecular flexibility index (Phi) is 7.56. The van der Waals surface area contributed by atoms with E-state index in [0.717, 1.165) is 17.7 Å². The van der Waals surface area contributed by atoms with Crippen LogP contribution in [0.15, 0.2) is 53.4 Å². The van der Waals surface area contributed by atoms with Crippen molar-refractivity contribution in [1.29, 1.82) is 0 Å². The molecule has 2 rings (SSSR count). The molecule has 1 amide bonds. The molecule has 0 aliphatic rings. The van der Waals surface area contributed by atoms with Gasteiger partial charge >= 0.3 is 0 Å². The maximum Gasteiger partial charge on any atom is 0.243 e. The van der Waals surface area contributed by atoms with Crippen LogP contribution in [0.25, 0.3) is 0 Å². The first-order chi connectivity index (χ1) is 12.9. The fourth-order valence-electron chi connectivity index (χ4n) is 2.85. The Hall–Kier alpha value is -2.18. The Labute approximate surface area is 162 Å². The largest absolute Gasteiger partial charge is 0.326 e. The molecule has 0 radical (unpaired) electrons. The minimum absolute atomic E-state index is 0.0564. The second kappa shape index (κ2) is 9.67. The van der Waals surface area contributed by atoms with Crippen molar-refractivity contribution in [2.75, 3.05) is 18.4 Å². The van der Waals surface area contributed by atoms with Gasteiger partial charge in [0.15, 0.2) is 0 Å². The van der Waals surface area contributed by atoms with Crippen molar-refractivity contribution in [1.82, 2.24) is 4.31 Å². The van der Waals surface area contributed by atoms with Crippen molar-refractivity contribution in [2.24, 2.45) is 0 Å². The summed E-state index contributed by atoms with van der Waals surface area (Å²) in [5.41, 5.74) is 2.95. The topological polar surface area (TPSA) is 66.5 Å². The van der Waals surface area contributed by atoms with Crippen molar-refractivity contribution >= 4 is 21.6 Å². The van der Waals surface area contributed by atoms with Crippen LogP contribution in [0.4, 0.5) is 5.69 Å². The molecule has 0 unspecified atom stereocenters. The van der Waals surface area contributed by atoms with Gasteiger partial charge in [-0.2, -0.15) is 4.31 Å². The van der Waals surface area contributed by atoms with E-state index < -0.39 is 10.0 Å². The van der Waals surface area contributed by atoms with E-state index in [2.05, 4.69) is 12.2 Å². The van der Waals surface area contributed by atoms with Crippen molar-refractivity contribution in [3.05, 3.63) is 59.7 Å². The van der Waals surface area contributed by atoms with E-state index in [1.54, 1.807) is 24.3 Å². The molecule has 1 N–H and O–H groups in total. The first-order valence-electron chi connectivity index (χ1n) is 9.38. The smallest absolute Gasteiger partial charge is 0.243 e. The quantitative estimate of drug-likeness (QED) is 0.709. The molecule has 0 spiro atoms. The van der Waals surface area contributed by atoms with Crippen LogP contribution < -0.4 is 5.32 Å². The van der Waals surface area contributed by atoms with Gasteiger partial charge in [0.1, 0.15) is 0 Å².